The Kier molecular flexibility index (Phi) is 7.96. The van der Waals surface area contributed by atoms with Crippen molar-refractivity contribution in [1.29, 1.82) is 0 Å². The lowest BCUT2D eigenvalue weighted by Crippen LogP contribution is -2.43. The van der Waals surface area contributed by atoms with Gasteiger partial charge in [0.15, 0.2) is 0 Å². The van der Waals surface area contributed by atoms with Crippen LogP contribution in [-0.2, 0) is 11.3 Å². The van der Waals surface area contributed by atoms with Crippen molar-refractivity contribution in [3.63, 3.8) is 0 Å². The Morgan fingerprint density at radius 2 is 2.03 bits per heavy atom. The molecule has 1 aliphatic carbocycles. The predicted octanol–water partition coefficient (Wildman–Crippen LogP) is 4.80. The number of nitrogens with zero attached hydrogens (tertiary/aromatic N) is 2. The van der Waals surface area contributed by atoms with E-state index in [9.17, 15) is 9.90 Å². The van der Waals surface area contributed by atoms with Gasteiger partial charge in [0.25, 0.3) is 5.56 Å². The van der Waals surface area contributed by atoms with Gasteiger partial charge in [0.05, 0.1) is 24.6 Å². The number of H-pyrrole nitrogens is 1. The molecule has 0 radical (unpaired) electrons. The monoisotopic (exact) mass is 469 g/mol. The maximum Gasteiger partial charge on any atom is 0.260 e. The van der Waals surface area contributed by atoms with Crippen molar-refractivity contribution in [1.82, 2.24) is 14.9 Å². The van der Waals surface area contributed by atoms with E-state index in [0.29, 0.717) is 43.6 Å². The van der Waals surface area contributed by atoms with Crippen LogP contribution in [0.15, 0.2) is 28.4 Å². The average molecular weight is 470 g/mol. The van der Waals surface area contributed by atoms with Crippen LogP contribution in [-0.4, -0.2) is 51.9 Å². The van der Waals surface area contributed by atoms with E-state index in [1.54, 1.807) is 0 Å². The van der Waals surface area contributed by atoms with Gasteiger partial charge < -0.3 is 14.8 Å². The van der Waals surface area contributed by atoms with E-state index in [4.69, 9.17) is 9.72 Å². The van der Waals surface area contributed by atoms with Crippen molar-refractivity contribution in [2.24, 2.45) is 0 Å². The Balaban J connectivity index is 1.62. The number of benzene rings is 1. The molecule has 0 spiro atoms. The molecule has 4 rings (SSSR count). The van der Waals surface area contributed by atoms with E-state index < -0.39 is 6.10 Å². The van der Waals surface area contributed by atoms with E-state index in [1.807, 2.05) is 12.3 Å². The lowest BCUT2D eigenvalue weighted by Gasteiger charge is -2.35. The molecule has 0 bridgehead atoms. The second-order valence-electron chi connectivity index (χ2n) is 9.20. The number of aromatic nitrogens is 2. The smallest absolute Gasteiger partial charge is 0.260 e. The number of thiophene rings is 1. The molecule has 3 aromatic rings. The fourth-order valence-corrected chi connectivity index (χ4v) is 5.81. The summed E-state index contributed by atoms with van der Waals surface area (Å²) in [6, 6.07) is 6.72. The second-order valence-corrected chi connectivity index (χ2v) is 10.1. The highest BCUT2D eigenvalue weighted by Gasteiger charge is 2.25. The Bertz CT molecular complexity index is 1130. The maximum absolute atomic E-state index is 13.2. The number of hydrogen-bond acceptors (Lipinski definition) is 6. The molecule has 33 heavy (non-hydrogen) atoms. The summed E-state index contributed by atoms with van der Waals surface area (Å²) in [4.78, 5) is 24.1. The second kappa shape index (κ2) is 10.9. The van der Waals surface area contributed by atoms with Gasteiger partial charge in [0.2, 0.25) is 0 Å². The summed E-state index contributed by atoms with van der Waals surface area (Å²) < 4.78 is 5.42. The molecule has 1 atom stereocenters. The van der Waals surface area contributed by atoms with Crippen LogP contribution >= 0.6 is 11.3 Å². The Hall–Kier alpha value is -2.06. The summed E-state index contributed by atoms with van der Waals surface area (Å²) in [7, 11) is 0. The first-order valence-corrected chi connectivity index (χ1v) is 12.9. The van der Waals surface area contributed by atoms with E-state index in [0.717, 1.165) is 34.4 Å². The lowest BCUT2D eigenvalue weighted by molar-refractivity contribution is 0.00493. The number of rotatable bonds is 9. The van der Waals surface area contributed by atoms with Crippen molar-refractivity contribution < 1.29 is 9.84 Å². The van der Waals surface area contributed by atoms with Gasteiger partial charge in [-0.1, -0.05) is 43.0 Å². The number of nitrogens with one attached hydrogen (secondary N) is 1. The number of aliphatic hydroxyl groups excluding tert-OH is 1. The molecule has 0 saturated heterocycles. The lowest BCUT2D eigenvalue weighted by atomic mass is 9.94. The number of ether oxygens (including phenoxy) is 1. The van der Waals surface area contributed by atoms with Gasteiger partial charge in [-0.15, -0.1) is 11.3 Å². The summed E-state index contributed by atoms with van der Waals surface area (Å²) in [5.74, 6) is 0.663. The first-order chi connectivity index (χ1) is 16.0. The zero-order chi connectivity index (χ0) is 23.4. The minimum atomic E-state index is -0.556. The zero-order valence-electron chi connectivity index (χ0n) is 19.9. The fraction of sp³-hybridized carbons (Fsp3) is 0.538. The van der Waals surface area contributed by atoms with Crippen LogP contribution in [0.3, 0.4) is 0 Å². The van der Waals surface area contributed by atoms with Crippen LogP contribution in [0.5, 0.6) is 0 Å². The van der Waals surface area contributed by atoms with Crippen LogP contribution in [0.4, 0.5) is 0 Å². The van der Waals surface area contributed by atoms with Crippen LogP contribution in [0, 0.1) is 13.8 Å². The maximum atomic E-state index is 13.2. The minimum absolute atomic E-state index is 0.0920. The van der Waals surface area contributed by atoms with E-state index in [2.05, 4.69) is 41.9 Å². The number of fused-ring (bicyclic) bond motifs is 1. The Morgan fingerprint density at radius 3 is 2.79 bits per heavy atom. The average Bonchev–Trinajstić information content (AvgIpc) is 3.24. The van der Waals surface area contributed by atoms with Gasteiger partial charge in [-0.05, 0) is 44.7 Å². The summed E-state index contributed by atoms with van der Waals surface area (Å²) in [6.07, 6.45) is 5.35. The molecule has 0 unspecified atom stereocenters. The van der Waals surface area contributed by atoms with Gasteiger partial charge in [0, 0.05) is 30.1 Å². The van der Waals surface area contributed by atoms with E-state index in [-0.39, 0.29) is 5.56 Å². The van der Waals surface area contributed by atoms with Crippen molar-refractivity contribution >= 4 is 21.6 Å². The van der Waals surface area contributed by atoms with Gasteiger partial charge in [-0.25, -0.2) is 4.98 Å². The van der Waals surface area contributed by atoms with Crippen LogP contribution in [0.1, 0.15) is 56.0 Å². The molecule has 178 valence electrons. The molecule has 1 aliphatic rings. The normalized spacial score (nSPS) is 16.0. The first kappa shape index (κ1) is 24.1. The third-order valence-electron chi connectivity index (χ3n) is 6.58. The van der Waals surface area contributed by atoms with Crippen molar-refractivity contribution in [2.45, 2.75) is 71.6 Å². The molecule has 2 N–H and O–H groups in total. The summed E-state index contributed by atoms with van der Waals surface area (Å²) in [5.41, 5.74) is 4.27. The van der Waals surface area contributed by atoms with Gasteiger partial charge in [0.1, 0.15) is 10.7 Å². The molecule has 7 heteroatoms. The highest BCUT2D eigenvalue weighted by molar-refractivity contribution is 7.17. The quantitative estimate of drug-likeness (QED) is 0.471. The third-order valence-corrected chi connectivity index (χ3v) is 7.45. The molecule has 2 aromatic heterocycles. The van der Waals surface area contributed by atoms with Gasteiger partial charge in [-0.3, -0.25) is 9.69 Å². The Morgan fingerprint density at radius 1 is 1.24 bits per heavy atom. The van der Waals surface area contributed by atoms with E-state index in [1.165, 1.54) is 36.2 Å². The van der Waals surface area contributed by atoms with Gasteiger partial charge in [-0.2, -0.15) is 0 Å². The van der Waals surface area contributed by atoms with Crippen molar-refractivity contribution in [3.05, 3.63) is 50.9 Å². The number of hydrogen-bond donors (Lipinski definition) is 2. The molecule has 0 amide bonds. The standard InChI is InChI=1S/C26H35N3O3S/c1-4-32-15-20(30)13-29(19-8-6-5-7-9-19)14-23-27-25(31)24-22(16-33-26(24)28-23)21-12-17(2)10-11-18(21)3/h10-12,16,19-20,30H,4-9,13-15H2,1-3H3,(H,27,28,31)/t20-/m0/s1. The van der Waals surface area contributed by atoms with Crippen LogP contribution in [0.2, 0.25) is 0 Å². The summed E-state index contributed by atoms with van der Waals surface area (Å²) in [5, 5.41) is 13.2. The molecule has 6 nitrogen and oxygen atoms in total. The predicted molar refractivity (Wildman–Crippen MR) is 135 cm³/mol. The van der Waals surface area contributed by atoms with E-state index >= 15 is 0 Å². The topological polar surface area (TPSA) is 78.5 Å². The SMILES string of the molecule is CCOC[C@@H](O)CN(Cc1nc2scc(-c3cc(C)ccc3C)c2c(=O)[nH]1)C1CCCCC1. The molecule has 1 fully saturated rings. The molecule has 2 heterocycles. The number of aromatic amines is 1. The zero-order valence-corrected chi connectivity index (χ0v) is 20.7. The minimum Gasteiger partial charge on any atom is -0.389 e. The molecular formula is C26H35N3O3S. The van der Waals surface area contributed by atoms with Crippen molar-refractivity contribution in [2.75, 3.05) is 19.8 Å². The molecule has 0 aliphatic heterocycles. The highest BCUT2D eigenvalue weighted by atomic mass is 32.1. The molecular weight excluding hydrogens is 434 g/mol. The van der Waals surface area contributed by atoms with Crippen molar-refractivity contribution in [3.8, 4) is 11.1 Å². The first-order valence-electron chi connectivity index (χ1n) is 12.0. The molecule has 1 saturated carbocycles. The van der Waals surface area contributed by atoms with Crippen LogP contribution < -0.4 is 5.56 Å². The van der Waals surface area contributed by atoms with Gasteiger partial charge >= 0.3 is 0 Å². The highest BCUT2D eigenvalue weighted by Crippen LogP contribution is 2.33. The number of aryl methyl sites for hydroxylation is 2. The number of aliphatic hydroxyl groups is 1. The Labute approximate surface area is 199 Å². The largest absolute Gasteiger partial charge is 0.389 e. The van der Waals surface area contributed by atoms with Crippen LogP contribution in [0.25, 0.3) is 21.3 Å². The third kappa shape index (κ3) is 5.72. The summed E-state index contributed by atoms with van der Waals surface area (Å²) >= 11 is 1.52. The fourth-order valence-electron chi connectivity index (χ4n) is 4.85. The summed E-state index contributed by atoms with van der Waals surface area (Å²) in [6.45, 7) is 8.03. The molecule has 1 aromatic carbocycles.